The van der Waals surface area contributed by atoms with Gasteiger partial charge in [-0.2, -0.15) is 0 Å². The summed E-state index contributed by atoms with van der Waals surface area (Å²) >= 11 is 0. The molecule has 3 rings (SSSR count). The zero-order valence-electron chi connectivity index (χ0n) is 14.0. The van der Waals surface area contributed by atoms with Crippen molar-refractivity contribution < 1.29 is 9.59 Å². The van der Waals surface area contributed by atoms with Crippen molar-refractivity contribution in [1.29, 1.82) is 0 Å². The summed E-state index contributed by atoms with van der Waals surface area (Å²) in [4.78, 5) is 23.3. The molecule has 3 N–H and O–H groups in total. The molecule has 25 heavy (non-hydrogen) atoms. The third kappa shape index (κ3) is 4.52. The van der Waals surface area contributed by atoms with Gasteiger partial charge in [0, 0.05) is 17.8 Å². The molecule has 0 aliphatic heterocycles. The summed E-state index contributed by atoms with van der Waals surface area (Å²) in [6.45, 7) is 2.51. The van der Waals surface area contributed by atoms with Crippen LogP contribution >= 0.6 is 0 Å². The van der Waals surface area contributed by atoms with E-state index in [1.165, 1.54) is 0 Å². The molecular weight excluding hydrogens is 322 g/mol. The first kappa shape index (κ1) is 16.9. The maximum atomic E-state index is 11.8. The molecule has 0 atom stereocenters. The Morgan fingerprint density at radius 1 is 1.20 bits per heavy atom. The van der Waals surface area contributed by atoms with Crippen molar-refractivity contribution in [3.63, 3.8) is 0 Å². The van der Waals surface area contributed by atoms with E-state index in [1.54, 1.807) is 12.1 Å². The van der Waals surface area contributed by atoms with Crippen molar-refractivity contribution >= 4 is 17.6 Å². The molecular formula is C16H21N7O2. The fourth-order valence-electron chi connectivity index (χ4n) is 2.31. The van der Waals surface area contributed by atoms with Gasteiger partial charge >= 0.3 is 6.03 Å². The van der Waals surface area contributed by atoms with Crippen LogP contribution in [0.25, 0.3) is 11.4 Å². The van der Waals surface area contributed by atoms with E-state index in [0.717, 1.165) is 30.7 Å². The van der Waals surface area contributed by atoms with Gasteiger partial charge in [-0.1, -0.05) is 6.92 Å². The van der Waals surface area contributed by atoms with Crippen molar-refractivity contribution in [1.82, 2.24) is 30.8 Å². The summed E-state index contributed by atoms with van der Waals surface area (Å²) in [5.74, 6) is 0.519. The first-order valence-electron chi connectivity index (χ1n) is 8.37. The van der Waals surface area contributed by atoms with Crippen molar-refractivity contribution in [2.75, 3.05) is 18.4 Å². The SMILES string of the molecule is CCCNC(=O)CNC(=O)Nc1ccc(-c2nnnn2C2CC2)cc1. The quantitative estimate of drug-likeness (QED) is 0.701. The molecule has 9 heteroatoms. The van der Waals surface area contributed by atoms with Crippen LogP contribution in [0.1, 0.15) is 32.2 Å². The fraction of sp³-hybridized carbons (Fsp3) is 0.438. The van der Waals surface area contributed by atoms with Gasteiger partial charge in [0.2, 0.25) is 5.91 Å². The Kier molecular flexibility index (Phi) is 5.22. The molecule has 1 fully saturated rings. The summed E-state index contributed by atoms with van der Waals surface area (Å²) in [6, 6.07) is 7.23. The zero-order chi connectivity index (χ0) is 17.6. The second-order valence-corrected chi connectivity index (χ2v) is 5.91. The van der Waals surface area contributed by atoms with Crippen LogP contribution in [-0.4, -0.2) is 45.2 Å². The topological polar surface area (TPSA) is 114 Å². The smallest absolute Gasteiger partial charge is 0.319 e. The second-order valence-electron chi connectivity index (χ2n) is 5.91. The highest BCUT2D eigenvalue weighted by molar-refractivity contribution is 5.92. The molecule has 1 aromatic heterocycles. The molecule has 0 saturated heterocycles. The minimum atomic E-state index is -0.429. The molecule has 2 aromatic rings. The Bertz CT molecular complexity index is 737. The second kappa shape index (κ2) is 7.73. The highest BCUT2D eigenvalue weighted by atomic mass is 16.2. The molecule has 0 unspecified atom stereocenters. The number of tetrazole rings is 1. The molecule has 1 heterocycles. The van der Waals surface area contributed by atoms with E-state index in [-0.39, 0.29) is 12.5 Å². The van der Waals surface area contributed by atoms with Crippen LogP contribution < -0.4 is 16.0 Å². The van der Waals surface area contributed by atoms with Gasteiger partial charge in [-0.15, -0.1) is 5.10 Å². The molecule has 1 aliphatic carbocycles. The summed E-state index contributed by atoms with van der Waals surface area (Å²) in [7, 11) is 0. The molecule has 0 radical (unpaired) electrons. The summed E-state index contributed by atoms with van der Waals surface area (Å²) in [5, 5.41) is 19.7. The number of nitrogens with zero attached hydrogens (tertiary/aromatic N) is 4. The average molecular weight is 343 g/mol. The van der Waals surface area contributed by atoms with Gasteiger partial charge in [0.1, 0.15) is 0 Å². The van der Waals surface area contributed by atoms with Gasteiger partial charge in [-0.05, 0) is 54.0 Å². The predicted octanol–water partition coefficient (Wildman–Crippen LogP) is 1.32. The number of carbonyl (C=O) groups is 2. The van der Waals surface area contributed by atoms with Crippen molar-refractivity contribution in [2.45, 2.75) is 32.2 Å². The lowest BCUT2D eigenvalue weighted by Gasteiger charge is -2.09. The number of amides is 3. The molecule has 1 saturated carbocycles. The Morgan fingerprint density at radius 3 is 2.64 bits per heavy atom. The molecule has 1 aliphatic rings. The van der Waals surface area contributed by atoms with E-state index in [9.17, 15) is 9.59 Å². The molecule has 0 spiro atoms. The third-order valence-corrected chi connectivity index (χ3v) is 3.77. The normalized spacial score (nSPS) is 13.3. The Labute approximate surface area is 145 Å². The van der Waals surface area contributed by atoms with Crippen molar-refractivity contribution in [3.05, 3.63) is 24.3 Å². The van der Waals surface area contributed by atoms with Crippen LogP contribution in [0.3, 0.4) is 0 Å². The van der Waals surface area contributed by atoms with Gasteiger partial charge in [0.25, 0.3) is 0 Å². The summed E-state index contributed by atoms with van der Waals surface area (Å²) in [5.41, 5.74) is 1.52. The van der Waals surface area contributed by atoms with Crippen molar-refractivity contribution in [3.8, 4) is 11.4 Å². The highest BCUT2D eigenvalue weighted by Crippen LogP contribution is 2.36. The summed E-state index contributed by atoms with van der Waals surface area (Å²) < 4.78 is 1.84. The highest BCUT2D eigenvalue weighted by Gasteiger charge is 2.28. The molecule has 3 amide bonds. The standard InChI is InChI=1S/C16H21N7O2/c1-2-9-17-14(24)10-18-16(25)19-12-5-3-11(4-6-12)15-20-21-22-23(15)13-7-8-13/h3-6,13H,2,7-10H2,1H3,(H,17,24)(H2,18,19,25). The number of rotatable bonds is 7. The number of hydrogen-bond acceptors (Lipinski definition) is 5. The van der Waals surface area contributed by atoms with E-state index in [4.69, 9.17) is 0 Å². The zero-order valence-corrected chi connectivity index (χ0v) is 14.0. The van der Waals surface area contributed by atoms with Crippen LogP contribution in [-0.2, 0) is 4.79 Å². The van der Waals surface area contributed by atoms with Crippen LogP contribution in [0.5, 0.6) is 0 Å². The molecule has 1 aromatic carbocycles. The van der Waals surface area contributed by atoms with Gasteiger partial charge in [-0.25, -0.2) is 9.48 Å². The average Bonchev–Trinajstić information content (AvgIpc) is 3.35. The maximum absolute atomic E-state index is 11.8. The largest absolute Gasteiger partial charge is 0.355 e. The number of nitrogens with one attached hydrogen (secondary N) is 3. The molecule has 9 nitrogen and oxygen atoms in total. The molecule has 0 bridgehead atoms. The number of urea groups is 1. The lowest BCUT2D eigenvalue weighted by Crippen LogP contribution is -2.39. The maximum Gasteiger partial charge on any atom is 0.319 e. The lowest BCUT2D eigenvalue weighted by molar-refractivity contribution is -0.120. The number of aromatic nitrogens is 4. The number of anilines is 1. The van der Waals surface area contributed by atoms with Gasteiger partial charge in [0.05, 0.1) is 12.6 Å². The third-order valence-electron chi connectivity index (χ3n) is 3.77. The van der Waals surface area contributed by atoms with E-state index >= 15 is 0 Å². The number of hydrogen-bond donors (Lipinski definition) is 3. The Balaban J connectivity index is 1.53. The monoisotopic (exact) mass is 343 g/mol. The van der Waals surface area contributed by atoms with E-state index < -0.39 is 6.03 Å². The Hall–Kier alpha value is -2.97. The minimum absolute atomic E-state index is 0.0555. The first-order valence-corrected chi connectivity index (χ1v) is 8.37. The fourth-order valence-corrected chi connectivity index (χ4v) is 2.31. The van der Waals surface area contributed by atoms with Crippen molar-refractivity contribution in [2.24, 2.45) is 0 Å². The predicted molar refractivity (Wildman–Crippen MR) is 91.8 cm³/mol. The van der Waals surface area contributed by atoms with Crippen LogP contribution in [0, 0.1) is 0 Å². The van der Waals surface area contributed by atoms with E-state index in [2.05, 4.69) is 31.5 Å². The Morgan fingerprint density at radius 2 is 1.96 bits per heavy atom. The number of carbonyl (C=O) groups excluding carboxylic acids is 2. The van der Waals surface area contributed by atoms with Crippen LogP contribution in [0.15, 0.2) is 24.3 Å². The van der Waals surface area contributed by atoms with Crippen LogP contribution in [0.2, 0.25) is 0 Å². The van der Waals surface area contributed by atoms with Crippen LogP contribution in [0.4, 0.5) is 10.5 Å². The summed E-state index contributed by atoms with van der Waals surface area (Å²) in [6.07, 6.45) is 3.06. The van der Waals surface area contributed by atoms with Gasteiger partial charge < -0.3 is 16.0 Å². The van der Waals surface area contributed by atoms with Gasteiger partial charge in [0.15, 0.2) is 5.82 Å². The first-order chi connectivity index (χ1) is 12.2. The molecule has 132 valence electrons. The van der Waals surface area contributed by atoms with E-state index in [0.29, 0.717) is 18.3 Å². The van der Waals surface area contributed by atoms with Gasteiger partial charge in [-0.3, -0.25) is 4.79 Å². The minimum Gasteiger partial charge on any atom is -0.355 e. The number of benzene rings is 1. The lowest BCUT2D eigenvalue weighted by atomic mass is 10.2. The van der Waals surface area contributed by atoms with E-state index in [1.807, 2.05) is 23.7 Å².